The lowest BCUT2D eigenvalue weighted by Gasteiger charge is -2.34. The van der Waals surface area contributed by atoms with Crippen molar-refractivity contribution in [2.75, 3.05) is 13.1 Å². The summed E-state index contributed by atoms with van der Waals surface area (Å²) in [5, 5.41) is 0.368. The molecular weight excluding hydrogens is 333 g/mol. The van der Waals surface area contributed by atoms with Gasteiger partial charge in [-0.2, -0.15) is 0 Å². The Morgan fingerprint density at radius 1 is 1.38 bits per heavy atom. The van der Waals surface area contributed by atoms with Crippen LogP contribution in [0, 0.1) is 9.49 Å². The van der Waals surface area contributed by atoms with Crippen LogP contribution < -0.4 is 0 Å². The Labute approximate surface area is 116 Å². The van der Waals surface area contributed by atoms with Gasteiger partial charge in [-0.15, -0.1) is 11.6 Å². The van der Waals surface area contributed by atoms with Crippen molar-refractivity contribution in [2.24, 2.45) is 5.92 Å². The molecule has 1 aliphatic heterocycles. The normalized spacial score (nSPS) is 26.9. The highest BCUT2D eigenvalue weighted by atomic mass is 127. The molecule has 0 bridgehead atoms. The van der Waals surface area contributed by atoms with Gasteiger partial charge in [0.2, 0.25) is 0 Å². The van der Waals surface area contributed by atoms with E-state index in [-0.39, 0.29) is 0 Å². The minimum atomic E-state index is 0.368. The fourth-order valence-electron chi connectivity index (χ4n) is 2.19. The summed E-state index contributed by atoms with van der Waals surface area (Å²) in [6, 6.07) is 8.79. The number of halogens is 2. The van der Waals surface area contributed by atoms with Crippen LogP contribution in [0.1, 0.15) is 18.9 Å². The average Bonchev–Trinajstić information content (AvgIpc) is 2.27. The Bertz CT molecular complexity index is 338. The van der Waals surface area contributed by atoms with Crippen molar-refractivity contribution in [1.29, 1.82) is 0 Å². The monoisotopic (exact) mass is 349 g/mol. The fraction of sp³-hybridized carbons (Fsp3) is 0.538. The van der Waals surface area contributed by atoms with Crippen LogP contribution in [0.4, 0.5) is 0 Å². The van der Waals surface area contributed by atoms with Crippen molar-refractivity contribution in [3.63, 3.8) is 0 Å². The van der Waals surface area contributed by atoms with Crippen LogP contribution in [0.25, 0.3) is 0 Å². The molecule has 1 fully saturated rings. The van der Waals surface area contributed by atoms with Gasteiger partial charge in [-0.3, -0.25) is 4.90 Å². The molecule has 1 aromatic carbocycles. The van der Waals surface area contributed by atoms with Crippen LogP contribution in [0.15, 0.2) is 24.3 Å². The van der Waals surface area contributed by atoms with E-state index in [1.165, 1.54) is 9.13 Å². The van der Waals surface area contributed by atoms with Crippen molar-refractivity contribution >= 4 is 34.2 Å². The van der Waals surface area contributed by atoms with Crippen LogP contribution in [-0.4, -0.2) is 23.4 Å². The SMILES string of the molecule is CC1CN(Cc2ccc(I)cc2)CCC1Cl. The molecule has 88 valence electrons. The van der Waals surface area contributed by atoms with Gasteiger partial charge in [0, 0.05) is 22.0 Å². The minimum absolute atomic E-state index is 0.368. The number of likely N-dealkylation sites (tertiary alicyclic amines) is 1. The molecular formula is C13H17ClIN. The van der Waals surface area contributed by atoms with Gasteiger partial charge in [0.15, 0.2) is 0 Å². The van der Waals surface area contributed by atoms with Gasteiger partial charge in [0.25, 0.3) is 0 Å². The average molecular weight is 350 g/mol. The van der Waals surface area contributed by atoms with Crippen LogP contribution >= 0.6 is 34.2 Å². The van der Waals surface area contributed by atoms with Crippen LogP contribution in [0.5, 0.6) is 0 Å². The Hall–Kier alpha value is 0.200. The number of piperidine rings is 1. The maximum atomic E-state index is 6.23. The second-order valence-electron chi connectivity index (χ2n) is 4.64. The van der Waals surface area contributed by atoms with Gasteiger partial charge in [-0.1, -0.05) is 19.1 Å². The predicted molar refractivity (Wildman–Crippen MR) is 77.9 cm³/mol. The van der Waals surface area contributed by atoms with Crippen molar-refractivity contribution in [3.05, 3.63) is 33.4 Å². The largest absolute Gasteiger partial charge is 0.299 e. The van der Waals surface area contributed by atoms with E-state index in [1.54, 1.807) is 0 Å². The first-order chi connectivity index (χ1) is 7.65. The van der Waals surface area contributed by atoms with Gasteiger partial charge in [0.1, 0.15) is 0 Å². The first-order valence-electron chi connectivity index (χ1n) is 5.76. The molecule has 2 atom stereocenters. The number of benzene rings is 1. The quantitative estimate of drug-likeness (QED) is 0.581. The van der Waals surface area contributed by atoms with Crippen molar-refractivity contribution in [2.45, 2.75) is 25.3 Å². The molecule has 0 aliphatic carbocycles. The second-order valence-corrected chi connectivity index (χ2v) is 6.45. The number of hydrogen-bond donors (Lipinski definition) is 0. The van der Waals surface area contributed by atoms with E-state index in [0.29, 0.717) is 11.3 Å². The van der Waals surface area contributed by atoms with Crippen molar-refractivity contribution < 1.29 is 0 Å². The van der Waals surface area contributed by atoms with Crippen molar-refractivity contribution in [3.8, 4) is 0 Å². The Kier molecular flexibility index (Phi) is 4.50. The summed E-state index contributed by atoms with van der Waals surface area (Å²) in [7, 11) is 0. The summed E-state index contributed by atoms with van der Waals surface area (Å²) >= 11 is 8.57. The number of nitrogens with zero attached hydrogens (tertiary/aromatic N) is 1. The van der Waals surface area contributed by atoms with E-state index >= 15 is 0 Å². The molecule has 1 aliphatic rings. The van der Waals surface area contributed by atoms with Gasteiger partial charge in [0.05, 0.1) is 0 Å². The van der Waals surface area contributed by atoms with E-state index in [0.717, 1.165) is 26.1 Å². The topological polar surface area (TPSA) is 3.24 Å². The second kappa shape index (κ2) is 5.69. The van der Waals surface area contributed by atoms with Crippen molar-refractivity contribution in [1.82, 2.24) is 4.90 Å². The van der Waals surface area contributed by atoms with Gasteiger partial charge in [-0.05, 0) is 59.2 Å². The highest BCUT2D eigenvalue weighted by molar-refractivity contribution is 14.1. The van der Waals surface area contributed by atoms with E-state index in [1.807, 2.05) is 0 Å². The first-order valence-corrected chi connectivity index (χ1v) is 7.27. The molecule has 0 aromatic heterocycles. The third-order valence-electron chi connectivity index (χ3n) is 3.20. The Morgan fingerprint density at radius 3 is 2.69 bits per heavy atom. The van der Waals surface area contributed by atoms with Gasteiger partial charge >= 0.3 is 0 Å². The molecule has 3 heteroatoms. The maximum absolute atomic E-state index is 6.23. The first kappa shape index (κ1) is 12.7. The zero-order valence-electron chi connectivity index (χ0n) is 9.50. The molecule has 0 amide bonds. The standard InChI is InChI=1S/C13H17ClIN/c1-10-8-16(7-6-13(10)14)9-11-2-4-12(15)5-3-11/h2-5,10,13H,6-9H2,1H3. The molecule has 2 rings (SSSR count). The van der Waals surface area contributed by atoms with E-state index in [2.05, 4.69) is 58.7 Å². The molecule has 1 nitrogen and oxygen atoms in total. The summed E-state index contributed by atoms with van der Waals surface area (Å²) in [4.78, 5) is 2.51. The van der Waals surface area contributed by atoms with Crippen LogP contribution in [0.3, 0.4) is 0 Å². The lowest BCUT2D eigenvalue weighted by Crippen LogP contribution is -2.39. The molecule has 1 aromatic rings. The molecule has 0 spiro atoms. The molecule has 0 radical (unpaired) electrons. The zero-order valence-corrected chi connectivity index (χ0v) is 12.4. The molecule has 0 N–H and O–H groups in total. The summed E-state index contributed by atoms with van der Waals surface area (Å²) in [6.07, 6.45) is 1.12. The number of alkyl halides is 1. The lowest BCUT2D eigenvalue weighted by molar-refractivity contribution is 0.180. The highest BCUT2D eigenvalue weighted by Crippen LogP contribution is 2.23. The Morgan fingerprint density at radius 2 is 2.06 bits per heavy atom. The summed E-state index contributed by atoms with van der Waals surface area (Å²) in [5.41, 5.74) is 1.40. The summed E-state index contributed by atoms with van der Waals surface area (Å²) in [5.74, 6) is 0.610. The Balaban J connectivity index is 1.93. The number of hydrogen-bond acceptors (Lipinski definition) is 1. The lowest BCUT2D eigenvalue weighted by atomic mass is 9.99. The van der Waals surface area contributed by atoms with Gasteiger partial charge in [-0.25, -0.2) is 0 Å². The maximum Gasteiger partial charge on any atom is 0.0386 e. The fourth-order valence-corrected chi connectivity index (χ4v) is 2.73. The number of rotatable bonds is 2. The molecule has 2 unspecified atom stereocenters. The summed E-state index contributed by atoms with van der Waals surface area (Å²) < 4.78 is 1.30. The highest BCUT2D eigenvalue weighted by Gasteiger charge is 2.23. The predicted octanol–water partition coefficient (Wildman–Crippen LogP) is 3.74. The third kappa shape index (κ3) is 3.34. The molecule has 16 heavy (non-hydrogen) atoms. The van der Waals surface area contributed by atoms with E-state index in [9.17, 15) is 0 Å². The third-order valence-corrected chi connectivity index (χ3v) is 4.57. The van der Waals surface area contributed by atoms with Crippen LogP contribution in [0.2, 0.25) is 0 Å². The zero-order chi connectivity index (χ0) is 11.5. The molecule has 0 saturated carbocycles. The smallest absolute Gasteiger partial charge is 0.0386 e. The molecule has 1 heterocycles. The van der Waals surface area contributed by atoms with E-state index in [4.69, 9.17) is 11.6 Å². The van der Waals surface area contributed by atoms with Crippen LogP contribution in [-0.2, 0) is 6.54 Å². The van der Waals surface area contributed by atoms with E-state index < -0.39 is 0 Å². The molecule has 1 saturated heterocycles. The minimum Gasteiger partial charge on any atom is -0.299 e. The summed E-state index contributed by atoms with van der Waals surface area (Å²) in [6.45, 7) is 5.56. The van der Waals surface area contributed by atoms with Gasteiger partial charge < -0.3 is 0 Å².